The molecule has 2 atom stereocenters. The standard InChI is InChI=1S/C11H23N3O2S/c1-10-5-4-6-11(9-12)14(10)17(15,16)13-7-2-3-8-13/h10-11H,2-9,12H2,1H3. The van der Waals surface area contributed by atoms with Crippen molar-refractivity contribution in [1.29, 1.82) is 0 Å². The molecule has 0 bridgehead atoms. The van der Waals surface area contributed by atoms with E-state index in [1.54, 1.807) is 8.61 Å². The fourth-order valence-electron chi connectivity index (χ4n) is 2.95. The summed E-state index contributed by atoms with van der Waals surface area (Å²) in [5.74, 6) is 0. The van der Waals surface area contributed by atoms with Crippen molar-refractivity contribution in [2.45, 2.75) is 51.1 Å². The van der Waals surface area contributed by atoms with Crippen LogP contribution in [-0.4, -0.2) is 48.7 Å². The zero-order valence-corrected chi connectivity index (χ0v) is 11.3. The highest BCUT2D eigenvalue weighted by molar-refractivity contribution is 7.86. The molecule has 2 aliphatic rings. The molecule has 2 unspecified atom stereocenters. The SMILES string of the molecule is CC1CCCC(CN)N1S(=O)(=O)N1CCCC1. The van der Waals surface area contributed by atoms with Crippen LogP contribution >= 0.6 is 0 Å². The summed E-state index contributed by atoms with van der Waals surface area (Å²) in [5.41, 5.74) is 5.73. The normalized spacial score (nSPS) is 33.1. The average molecular weight is 261 g/mol. The van der Waals surface area contributed by atoms with Crippen molar-refractivity contribution in [3.05, 3.63) is 0 Å². The summed E-state index contributed by atoms with van der Waals surface area (Å²) in [4.78, 5) is 0. The molecule has 0 aliphatic carbocycles. The molecule has 2 aliphatic heterocycles. The molecule has 2 heterocycles. The first-order chi connectivity index (χ1) is 8.07. The van der Waals surface area contributed by atoms with E-state index in [1.165, 1.54) is 0 Å². The molecule has 6 heteroatoms. The molecule has 2 N–H and O–H groups in total. The largest absolute Gasteiger partial charge is 0.329 e. The maximum Gasteiger partial charge on any atom is 0.282 e. The summed E-state index contributed by atoms with van der Waals surface area (Å²) in [5, 5.41) is 0. The van der Waals surface area contributed by atoms with Gasteiger partial charge in [0.2, 0.25) is 0 Å². The van der Waals surface area contributed by atoms with Crippen molar-refractivity contribution in [2.24, 2.45) is 5.73 Å². The minimum Gasteiger partial charge on any atom is -0.329 e. The zero-order valence-electron chi connectivity index (χ0n) is 10.5. The Morgan fingerprint density at radius 2 is 1.82 bits per heavy atom. The van der Waals surface area contributed by atoms with E-state index in [0.29, 0.717) is 19.6 Å². The molecule has 5 nitrogen and oxygen atoms in total. The third kappa shape index (κ3) is 2.50. The Bertz CT molecular complexity index is 352. The van der Waals surface area contributed by atoms with E-state index in [1.807, 2.05) is 6.92 Å². The molecular weight excluding hydrogens is 238 g/mol. The highest BCUT2D eigenvalue weighted by Gasteiger charge is 2.40. The summed E-state index contributed by atoms with van der Waals surface area (Å²) in [6, 6.07) is 0.0762. The van der Waals surface area contributed by atoms with Crippen LogP contribution in [0, 0.1) is 0 Å². The molecular formula is C11H23N3O2S. The minimum atomic E-state index is -3.29. The Kier molecular flexibility index (Phi) is 4.07. The predicted molar refractivity (Wildman–Crippen MR) is 67.7 cm³/mol. The Labute approximate surface area is 104 Å². The van der Waals surface area contributed by atoms with Crippen LogP contribution in [0.15, 0.2) is 0 Å². The first-order valence-corrected chi connectivity index (χ1v) is 7.95. The van der Waals surface area contributed by atoms with Gasteiger partial charge in [-0.2, -0.15) is 17.0 Å². The molecule has 0 aromatic rings. The molecule has 0 aromatic heterocycles. The Balaban J connectivity index is 2.22. The van der Waals surface area contributed by atoms with Gasteiger partial charge in [-0.1, -0.05) is 6.42 Å². The van der Waals surface area contributed by atoms with Gasteiger partial charge in [-0.3, -0.25) is 0 Å². The van der Waals surface area contributed by atoms with E-state index in [4.69, 9.17) is 5.73 Å². The zero-order chi connectivity index (χ0) is 12.5. The van der Waals surface area contributed by atoms with Crippen LogP contribution in [0.4, 0.5) is 0 Å². The molecule has 0 radical (unpaired) electrons. The molecule has 0 amide bonds. The van der Waals surface area contributed by atoms with Crippen LogP contribution < -0.4 is 5.73 Å². The first-order valence-electron chi connectivity index (χ1n) is 6.56. The maximum atomic E-state index is 12.6. The minimum absolute atomic E-state index is 0.00986. The van der Waals surface area contributed by atoms with Gasteiger partial charge in [-0.15, -0.1) is 0 Å². The Hall–Kier alpha value is -0.170. The molecule has 100 valence electrons. The monoisotopic (exact) mass is 261 g/mol. The van der Waals surface area contributed by atoms with Crippen LogP contribution in [0.3, 0.4) is 0 Å². The molecule has 0 aromatic carbocycles. The van der Waals surface area contributed by atoms with E-state index in [-0.39, 0.29) is 12.1 Å². The maximum absolute atomic E-state index is 12.6. The van der Waals surface area contributed by atoms with Crippen LogP contribution in [0.2, 0.25) is 0 Å². The van der Waals surface area contributed by atoms with E-state index in [2.05, 4.69) is 0 Å². The second-order valence-corrected chi connectivity index (χ2v) is 6.95. The number of hydrogen-bond donors (Lipinski definition) is 1. The third-order valence-corrected chi connectivity index (χ3v) is 6.09. The lowest BCUT2D eigenvalue weighted by Crippen LogP contribution is -2.55. The third-order valence-electron chi connectivity index (χ3n) is 3.88. The van der Waals surface area contributed by atoms with Gasteiger partial charge in [0.05, 0.1) is 0 Å². The summed E-state index contributed by atoms with van der Waals surface area (Å²) in [6.07, 6.45) is 4.88. The summed E-state index contributed by atoms with van der Waals surface area (Å²) in [7, 11) is -3.29. The van der Waals surface area contributed by atoms with Crippen molar-refractivity contribution in [3.8, 4) is 0 Å². The van der Waals surface area contributed by atoms with Gasteiger partial charge in [-0.05, 0) is 32.6 Å². The van der Waals surface area contributed by atoms with Gasteiger partial charge in [0.15, 0.2) is 0 Å². The summed E-state index contributed by atoms with van der Waals surface area (Å²) >= 11 is 0. The second kappa shape index (κ2) is 5.22. The molecule has 2 rings (SSSR count). The smallest absolute Gasteiger partial charge is 0.282 e. The highest BCUT2D eigenvalue weighted by Crippen LogP contribution is 2.28. The lowest BCUT2D eigenvalue weighted by atomic mass is 10.00. The lowest BCUT2D eigenvalue weighted by Gasteiger charge is -2.40. The van der Waals surface area contributed by atoms with Crippen molar-refractivity contribution in [3.63, 3.8) is 0 Å². The van der Waals surface area contributed by atoms with E-state index in [0.717, 1.165) is 32.1 Å². The topological polar surface area (TPSA) is 66.6 Å². The van der Waals surface area contributed by atoms with Gasteiger partial charge < -0.3 is 5.73 Å². The van der Waals surface area contributed by atoms with Crippen molar-refractivity contribution < 1.29 is 8.42 Å². The van der Waals surface area contributed by atoms with Crippen molar-refractivity contribution >= 4 is 10.2 Å². The summed E-state index contributed by atoms with van der Waals surface area (Å²) < 4.78 is 28.4. The second-order valence-electron chi connectivity index (χ2n) is 5.11. The van der Waals surface area contributed by atoms with E-state index < -0.39 is 10.2 Å². The highest BCUT2D eigenvalue weighted by atomic mass is 32.2. The predicted octanol–water partition coefficient (Wildman–Crippen LogP) is 0.529. The molecule has 0 spiro atoms. The number of nitrogens with zero attached hydrogens (tertiary/aromatic N) is 2. The molecule has 2 fully saturated rings. The number of piperidine rings is 1. The van der Waals surface area contributed by atoms with Crippen molar-refractivity contribution in [1.82, 2.24) is 8.61 Å². The van der Waals surface area contributed by atoms with Crippen molar-refractivity contribution in [2.75, 3.05) is 19.6 Å². The van der Waals surface area contributed by atoms with Gasteiger partial charge in [0.1, 0.15) is 0 Å². The van der Waals surface area contributed by atoms with E-state index in [9.17, 15) is 8.42 Å². The molecule has 0 saturated carbocycles. The molecule has 17 heavy (non-hydrogen) atoms. The first kappa shape index (κ1) is 13.3. The number of rotatable bonds is 3. The lowest BCUT2D eigenvalue weighted by molar-refractivity contribution is 0.184. The van der Waals surface area contributed by atoms with Gasteiger partial charge in [-0.25, -0.2) is 0 Å². The fourth-order valence-corrected chi connectivity index (χ4v) is 5.07. The number of nitrogens with two attached hydrogens (primary N) is 1. The van der Waals surface area contributed by atoms with Gasteiger partial charge in [0.25, 0.3) is 10.2 Å². The van der Waals surface area contributed by atoms with Crippen LogP contribution in [-0.2, 0) is 10.2 Å². The Morgan fingerprint density at radius 1 is 1.18 bits per heavy atom. The van der Waals surface area contributed by atoms with Gasteiger partial charge in [0, 0.05) is 31.7 Å². The fraction of sp³-hybridized carbons (Fsp3) is 1.00. The van der Waals surface area contributed by atoms with Crippen LogP contribution in [0.1, 0.15) is 39.0 Å². The average Bonchev–Trinajstić information content (AvgIpc) is 2.82. The van der Waals surface area contributed by atoms with Gasteiger partial charge >= 0.3 is 0 Å². The van der Waals surface area contributed by atoms with Crippen LogP contribution in [0.25, 0.3) is 0 Å². The van der Waals surface area contributed by atoms with Crippen LogP contribution in [0.5, 0.6) is 0 Å². The Morgan fingerprint density at radius 3 is 2.41 bits per heavy atom. The molecule has 2 saturated heterocycles. The quantitative estimate of drug-likeness (QED) is 0.806. The number of hydrogen-bond acceptors (Lipinski definition) is 3. The van der Waals surface area contributed by atoms with E-state index >= 15 is 0 Å². The summed E-state index contributed by atoms with van der Waals surface area (Å²) in [6.45, 7) is 3.76.